The fourth-order valence-corrected chi connectivity index (χ4v) is 1.22. The molecule has 0 radical (unpaired) electrons. The zero-order valence-corrected chi connectivity index (χ0v) is 7.97. The Morgan fingerprint density at radius 3 is 2.83 bits per heavy atom. The van der Waals surface area contributed by atoms with Crippen LogP contribution in [0.5, 0.6) is 0 Å². The van der Waals surface area contributed by atoms with Crippen molar-refractivity contribution in [3.63, 3.8) is 0 Å². The van der Waals surface area contributed by atoms with Crippen LogP contribution in [0.2, 0.25) is 0 Å². The molecule has 4 heteroatoms. The van der Waals surface area contributed by atoms with E-state index in [-0.39, 0.29) is 0 Å². The van der Waals surface area contributed by atoms with Crippen LogP contribution in [0.4, 0.5) is 4.39 Å². The first-order valence-corrected chi connectivity index (χ1v) is 4.08. The van der Waals surface area contributed by atoms with E-state index < -0.39 is 5.82 Å². The Balaban J connectivity index is 3.32. The van der Waals surface area contributed by atoms with Gasteiger partial charge in [0.05, 0.1) is 10.7 Å². The maximum absolute atomic E-state index is 13.2. The smallest absolute Gasteiger partial charge is 0.146 e. The van der Waals surface area contributed by atoms with Gasteiger partial charge in [0.1, 0.15) is 5.82 Å². The van der Waals surface area contributed by atoms with Gasteiger partial charge < -0.3 is 5.21 Å². The topological polar surface area (TPSA) is 32.6 Å². The highest BCUT2D eigenvalue weighted by Crippen LogP contribution is 2.20. The quantitative estimate of drug-likeness (QED) is 0.450. The van der Waals surface area contributed by atoms with Gasteiger partial charge in [0.25, 0.3) is 0 Å². The number of benzene rings is 1. The van der Waals surface area contributed by atoms with Crippen LogP contribution in [0.1, 0.15) is 11.1 Å². The van der Waals surface area contributed by atoms with Gasteiger partial charge in [-0.2, -0.15) is 0 Å². The molecule has 0 unspecified atom stereocenters. The summed E-state index contributed by atoms with van der Waals surface area (Å²) in [4.78, 5) is 0. The van der Waals surface area contributed by atoms with Crippen molar-refractivity contribution in [1.29, 1.82) is 0 Å². The summed E-state index contributed by atoms with van der Waals surface area (Å²) >= 11 is 3.03. The fraction of sp³-hybridized carbons (Fsp3) is 0.125. The average Bonchev–Trinajstić information content (AvgIpc) is 2.06. The van der Waals surface area contributed by atoms with Crippen LogP contribution >= 0.6 is 15.9 Å². The average molecular weight is 232 g/mol. The summed E-state index contributed by atoms with van der Waals surface area (Å²) in [5, 5.41) is 11.0. The number of rotatable bonds is 1. The number of nitrogens with zero attached hydrogens (tertiary/aromatic N) is 1. The highest BCUT2D eigenvalue weighted by molar-refractivity contribution is 9.10. The molecular weight excluding hydrogens is 225 g/mol. The molecule has 0 heterocycles. The van der Waals surface area contributed by atoms with Crippen molar-refractivity contribution in [3.8, 4) is 0 Å². The summed E-state index contributed by atoms with van der Waals surface area (Å²) in [6.45, 7) is 1.74. The number of hydrogen-bond acceptors (Lipinski definition) is 2. The number of aryl methyl sites for hydroxylation is 1. The van der Waals surface area contributed by atoms with Crippen molar-refractivity contribution < 1.29 is 9.60 Å². The first-order valence-electron chi connectivity index (χ1n) is 3.29. The molecule has 64 valence electrons. The van der Waals surface area contributed by atoms with Crippen LogP contribution < -0.4 is 0 Å². The Morgan fingerprint density at radius 1 is 1.58 bits per heavy atom. The minimum atomic E-state index is -0.409. The van der Waals surface area contributed by atoms with E-state index in [2.05, 4.69) is 21.1 Å². The van der Waals surface area contributed by atoms with E-state index in [1.165, 1.54) is 0 Å². The van der Waals surface area contributed by atoms with E-state index in [1.54, 1.807) is 19.1 Å². The van der Waals surface area contributed by atoms with E-state index >= 15 is 0 Å². The Kier molecular flexibility index (Phi) is 2.81. The second-order valence-electron chi connectivity index (χ2n) is 2.34. The third kappa shape index (κ3) is 1.64. The third-order valence-corrected chi connectivity index (χ3v) is 2.15. The first-order chi connectivity index (χ1) is 5.66. The van der Waals surface area contributed by atoms with Gasteiger partial charge in [0.2, 0.25) is 0 Å². The molecule has 0 saturated heterocycles. The highest BCUT2D eigenvalue weighted by Gasteiger charge is 2.06. The molecule has 0 aliphatic rings. The molecule has 1 aromatic rings. The van der Waals surface area contributed by atoms with Gasteiger partial charge in [-0.05, 0) is 34.5 Å². The molecule has 0 fully saturated rings. The van der Waals surface area contributed by atoms with Crippen LogP contribution in [0, 0.1) is 12.7 Å². The Bertz CT molecular complexity index is 325. The third-order valence-electron chi connectivity index (χ3n) is 1.54. The summed E-state index contributed by atoms with van der Waals surface area (Å²) in [7, 11) is 0. The number of oxime groups is 1. The van der Waals surface area contributed by atoms with E-state index in [9.17, 15) is 4.39 Å². The molecule has 0 aliphatic carbocycles. The largest absolute Gasteiger partial charge is 0.411 e. The summed E-state index contributed by atoms with van der Waals surface area (Å²) in [6.07, 6.45) is 1.08. The Hall–Kier alpha value is -0.900. The van der Waals surface area contributed by atoms with Crippen LogP contribution in [-0.4, -0.2) is 11.4 Å². The van der Waals surface area contributed by atoms with E-state index in [0.717, 1.165) is 11.8 Å². The van der Waals surface area contributed by atoms with Crippen molar-refractivity contribution in [2.75, 3.05) is 0 Å². The lowest BCUT2D eigenvalue weighted by atomic mass is 10.1. The standard InChI is InChI=1S/C8H7BrFNO/c1-5-2-3-7(9)8(10)6(5)4-11-12/h2-4,12H,1H3. The Morgan fingerprint density at radius 2 is 2.25 bits per heavy atom. The van der Waals surface area contributed by atoms with Gasteiger partial charge in [-0.3, -0.25) is 0 Å². The second kappa shape index (κ2) is 3.67. The number of halogens is 2. The number of hydrogen-bond donors (Lipinski definition) is 1. The van der Waals surface area contributed by atoms with E-state index in [0.29, 0.717) is 10.0 Å². The normalized spacial score (nSPS) is 10.9. The van der Waals surface area contributed by atoms with Gasteiger partial charge in [0, 0.05) is 5.56 Å². The van der Waals surface area contributed by atoms with Crippen molar-refractivity contribution in [1.82, 2.24) is 0 Å². The lowest BCUT2D eigenvalue weighted by Gasteiger charge is -2.01. The maximum Gasteiger partial charge on any atom is 0.146 e. The lowest BCUT2D eigenvalue weighted by Crippen LogP contribution is -1.93. The SMILES string of the molecule is Cc1ccc(Br)c(F)c1C=NO. The molecule has 1 aromatic carbocycles. The zero-order valence-electron chi connectivity index (χ0n) is 6.38. The van der Waals surface area contributed by atoms with Crippen molar-refractivity contribution >= 4 is 22.1 Å². The molecular formula is C8H7BrFNO. The van der Waals surface area contributed by atoms with Crippen LogP contribution in [0.3, 0.4) is 0 Å². The van der Waals surface area contributed by atoms with Crippen LogP contribution in [0.25, 0.3) is 0 Å². The van der Waals surface area contributed by atoms with Crippen molar-refractivity contribution in [2.45, 2.75) is 6.92 Å². The van der Waals surface area contributed by atoms with Crippen LogP contribution in [0.15, 0.2) is 21.8 Å². The Labute approximate surface area is 77.8 Å². The molecule has 0 aliphatic heterocycles. The summed E-state index contributed by atoms with van der Waals surface area (Å²) in [5.41, 5.74) is 1.03. The van der Waals surface area contributed by atoms with E-state index in [1.807, 2.05) is 0 Å². The molecule has 0 saturated carbocycles. The zero-order chi connectivity index (χ0) is 9.14. The summed E-state index contributed by atoms with van der Waals surface area (Å²) < 4.78 is 13.6. The monoisotopic (exact) mass is 231 g/mol. The van der Waals surface area contributed by atoms with Gasteiger partial charge >= 0.3 is 0 Å². The highest BCUT2D eigenvalue weighted by atomic mass is 79.9. The molecule has 0 spiro atoms. The lowest BCUT2D eigenvalue weighted by molar-refractivity contribution is 0.321. The molecule has 1 N–H and O–H groups in total. The minimum absolute atomic E-state index is 0.298. The predicted molar refractivity (Wildman–Crippen MR) is 48.2 cm³/mol. The molecule has 1 rings (SSSR count). The first kappa shape index (κ1) is 9.19. The molecule has 2 nitrogen and oxygen atoms in total. The van der Waals surface area contributed by atoms with Crippen molar-refractivity contribution in [2.24, 2.45) is 5.16 Å². The van der Waals surface area contributed by atoms with Crippen LogP contribution in [-0.2, 0) is 0 Å². The van der Waals surface area contributed by atoms with Gasteiger partial charge in [0.15, 0.2) is 0 Å². The molecule has 0 aromatic heterocycles. The minimum Gasteiger partial charge on any atom is -0.411 e. The fourth-order valence-electron chi connectivity index (χ4n) is 0.879. The molecule has 0 atom stereocenters. The van der Waals surface area contributed by atoms with Gasteiger partial charge in [-0.1, -0.05) is 11.2 Å². The molecule has 12 heavy (non-hydrogen) atoms. The summed E-state index contributed by atoms with van der Waals surface area (Å²) in [6, 6.07) is 3.35. The van der Waals surface area contributed by atoms with Gasteiger partial charge in [-0.15, -0.1) is 0 Å². The second-order valence-corrected chi connectivity index (χ2v) is 3.19. The van der Waals surface area contributed by atoms with Gasteiger partial charge in [-0.25, -0.2) is 4.39 Å². The maximum atomic E-state index is 13.2. The molecule has 0 amide bonds. The molecule has 0 bridgehead atoms. The summed E-state index contributed by atoms with van der Waals surface area (Å²) in [5.74, 6) is -0.409. The van der Waals surface area contributed by atoms with E-state index in [4.69, 9.17) is 5.21 Å². The van der Waals surface area contributed by atoms with Crippen molar-refractivity contribution in [3.05, 3.63) is 33.5 Å². The predicted octanol–water partition coefficient (Wildman–Crippen LogP) is 2.70.